The zero-order valence-corrected chi connectivity index (χ0v) is 16.1. The number of allylic oxidation sites excluding steroid dienone is 6. The molecule has 1 aliphatic carbocycles. The van der Waals surface area contributed by atoms with Crippen molar-refractivity contribution in [3.63, 3.8) is 0 Å². The van der Waals surface area contributed by atoms with E-state index in [4.69, 9.17) is 9.53 Å². The molecule has 1 unspecified atom stereocenters. The lowest BCUT2D eigenvalue weighted by molar-refractivity contribution is -0.0979. The lowest BCUT2D eigenvalue weighted by atomic mass is 9.91. The highest BCUT2D eigenvalue weighted by Gasteiger charge is 2.27. The van der Waals surface area contributed by atoms with Crippen LogP contribution in [0, 0.1) is 0 Å². The first-order chi connectivity index (χ1) is 11.5. The van der Waals surface area contributed by atoms with Gasteiger partial charge in [-0.25, -0.2) is 0 Å². The molecule has 0 amide bonds. The topological polar surface area (TPSA) is 26.3 Å². The minimum Gasteiger partial charge on any atom is -0.494 e. The fourth-order valence-electron chi connectivity index (χ4n) is 2.58. The number of carbonyl (C=O) groups excluding carboxylic acids is 1. The molecule has 4 heteroatoms. The number of thiol groups is 2. The van der Waals surface area contributed by atoms with E-state index in [2.05, 4.69) is 67.8 Å². The van der Waals surface area contributed by atoms with Crippen molar-refractivity contribution < 1.29 is 9.53 Å². The molecule has 0 N–H and O–H groups in total. The van der Waals surface area contributed by atoms with Crippen molar-refractivity contribution in [2.45, 2.75) is 36.7 Å². The summed E-state index contributed by atoms with van der Waals surface area (Å²) in [6.45, 7) is 6.72. The van der Waals surface area contributed by atoms with E-state index in [1.807, 2.05) is 32.8 Å². The van der Waals surface area contributed by atoms with E-state index in [0.29, 0.717) is 6.61 Å². The molecular formula is C20H26O2S2. The van der Waals surface area contributed by atoms with E-state index in [0.717, 1.165) is 18.6 Å². The van der Waals surface area contributed by atoms with Gasteiger partial charge in [0.25, 0.3) is 0 Å². The van der Waals surface area contributed by atoms with Gasteiger partial charge in [0.1, 0.15) is 12.5 Å². The van der Waals surface area contributed by atoms with Gasteiger partial charge in [-0.1, -0.05) is 42.5 Å². The van der Waals surface area contributed by atoms with E-state index in [9.17, 15) is 0 Å². The van der Waals surface area contributed by atoms with Crippen molar-refractivity contribution in [2.24, 2.45) is 0 Å². The molecule has 0 saturated heterocycles. The van der Waals surface area contributed by atoms with Crippen molar-refractivity contribution in [1.82, 2.24) is 0 Å². The van der Waals surface area contributed by atoms with E-state index in [-0.39, 0.29) is 10.00 Å². The van der Waals surface area contributed by atoms with E-state index in [1.54, 1.807) is 0 Å². The molecular weight excluding hydrogens is 336 g/mol. The predicted octanol–water partition coefficient (Wildman–Crippen LogP) is 5.39. The Labute approximate surface area is 156 Å². The molecule has 0 aliphatic heterocycles. The summed E-state index contributed by atoms with van der Waals surface area (Å²) in [6, 6.07) is 8.27. The third-order valence-corrected chi connectivity index (χ3v) is 4.38. The normalized spacial score (nSPS) is 14.9. The molecule has 1 aromatic rings. The van der Waals surface area contributed by atoms with Gasteiger partial charge in [-0.05, 0) is 50.0 Å². The summed E-state index contributed by atoms with van der Waals surface area (Å²) in [5.41, 5.74) is 2.59. The average molecular weight is 363 g/mol. The zero-order valence-electron chi connectivity index (χ0n) is 14.3. The first-order valence-corrected chi connectivity index (χ1v) is 8.88. The van der Waals surface area contributed by atoms with Gasteiger partial charge >= 0.3 is 0 Å². The maximum atomic E-state index is 8.00. The van der Waals surface area contributed by atoms with Crippen molar-refractivity contribution in [3.8, 4) is 5.75 Å². The fraction of sp³-hybridized carbons (Fsp3) is 0.350. The molecule has 1 aromatic carbocycles. The molecule has 0 spiro atoms. The Balaban J connectivity index is 0.00000139. The smallest absolute Gasteiger partial charge is 0.119 e. The van der Waals surface area contributed by atoms with Gasteiger partial charge in [0, 0.05) is 5.92 Å². The van der Waals surface area contributed by atoms with Crippen molar-refractivity contribution >= 4 is 32.0 Å². The fourth-order valence-corrected chi connectivity index (χ4v) is 3.09. The van der Waals surface area contributed by atoms with Crippen LogP contribution in [0.5, 0.6) is 5.75 Å². The second-order valence-corrected chi connectivity index (χ2v) is 7.87. The molecule has 0 heterocycles. The first-order valence-electron chi connectivity index (χ1n) is 7.99. The Morgan fingerprint density at radius 3 is 2.46 bits per heavy atom. The van der Waals surface area contributed by atoms with Crippen molar-refractivity contribution in [3.05, 3.63) is 65.8 Å². The molecule has 2 rings (SSSR count). The van der Waals surface area contributed by atoms with Crippen LogP contribution < -0.4 is 4.74 Å². The standard InChI is InChI=1S/C19H24OS2.CH2O/c1-3-20-17-13-11-16(12-14-17)18(19(2,21)22)10-6-9-15-7-4-5-8-15;1-2/h4-7,9,11-14,18,21-22H,3,8,10H2,1-2H3;1H2/b9-6-;. The van der Waals surface area contributed by atoms with Gasteiger partial charge in [0.15, 0.2) is 0 Å². The quantitative estimate of drug-likeness (QED) is 0.502. The SMILES string of the molecule is C=O.CCOc1ccc(C(C/C=C\C2=CC=CC2)C(C)(S)S)cc1. The Morgan fingerprint density at radius 2 is 1.96 bits per heavy atom. The van der Waals surface area contributed by atoms with Crippen LogP contribution in [0.25, 0.3) is 0 Å². The maximum absolute atomic E-state index is 8.00. The van der Waals surface area contributed by atoms with Crippen LogP contribution in [0.15, 0.2) is 60.2 Å². The largest absolute Gasteiger partial charge is 0.494 e. The molecule has 0 saturated carbocycles. The highest BCUT2D eigenvalue weighted by atomic mass is 32.2. The second kappa shape index (κ2) is 10.5. The number of benzene rings is 1. The van der Waals surface area contributed by atoms with Gasteiger partial charge in [-0.3, -0.25) is 0 Å². The molecule has 0 bridgehead atoms. The average Bonchev–Trinajstić information content (AvgIpc) is 3.07. The third kappa shape index (κ3) is 6.62. The van der Waals surface area contributed by atoms with E-state index < -0.39 is 0 Å². The molecule has 1 atom stereocenters. The molecule has 24 heavy (non-hydrogen) atoms. The second-order valence-electron chi connectivity index (χ2n) is 5.66. The zero-order chi connectivity index (χ0) is 18.0. The van der Waals surface area contributed by atoms with Gasteiger partial charge in [0.2, 0.25) is 0 Å². The maximum Gasteiger partial charge on any atom is 0.119 e. The van der Waals surface area contributed by atoms with Gasteiger partial charge in [-0.2, -0.15) is 25.3 Å². The summed E-state index contributed by atoms with van der Waals surface area (Å²) in [4.78, 5) is 8.00. The molecule has 1 aliphatic rings. The molecule has 0 radical (unpaired) electrons. The summed E-state index contributed by atoms with van der Waals surface area (Å²) in [7, 11) is 0. The molecule has 2 nitrogen and oxygen atoms in total. The molecule has 0 fully saturated rings. The van der Waals surface area contributed by atoms with E-state index >= 15 is 0 Å². The summed E-state index contributed by atoms with van der Waals surface area (Å²) in [5.74, 6) is 1.14. The highest BCUT2D eigenvalue weighted by molar-refractivity contribution is 8.00. The number of carbonyl (C=O) groups is 1. The Kier molecular flexibility index (Phi) is 9.01. The monoisotopic (exact) mass is 362 g/mol. The number of rotatable bonds is 7. The molecule has 130 valence electrons. The lowest BCUT2D eigenvalue weighted by Gasteiger charge is -2.28. The van der Waals surface area contributed by atoms with Crippen molar-refractivity contribution in [1.29, 1.82) is 0 Å². The summed E-state index contributed by atoms with van der Waals surface area (Å²) >= 11 is 9.37. The first kappa shape index (κ1) is 20.7. The molecule has 0 aromatic heterocycles. The summed E-state index contributed by atoms with van der Waals surface area (Å²) < 4.78 is 5.13. The van der Waals surface area contributed by atoms with Crippen LogP contribution in [-0.4, -0.2) is 17.5 Å². The van der Waals surface area contributed by atoms with Crippen LogP contribution in [0.1, 0.15) is 38.2 Å². The van der Waals surface area contributed by atoms with Crippen LogP contribution in [-0.2, 0) is 4.79 Å². The van der Waals surface area contributed by atoms with Gasteiger partial charge in [-0.15, -0.1) is 0 Å². The van der Waals surface area contributed by atoms with E-state index in [1.165, 1.54) is 11.1 Å². The van der Waals surface area contributed by atoms with Crippen LogP contribution in [0.4, 0.5) is 0 Å². The van der Waals surface area contributed by atoms with Crippen LogP contribution in [0.3, 0.4) is 0 Å². The summed E-state index contributed by atoms with van der Waals surface area (Å²) in [6.07, 6.45) is 12.8. The Bertz CT molecular complexity index is 581. The van der Waals surface area contributed by atoms with Crippen LogP contribution >= 0.6 is 25.3 Å². The third-order valence-electron chi connectivity index (χ3n) is 3.76. The van der Waals surface area contributed by atoms with Gasteiger partial charge < -0.3 is 9.53 Å². The van der Waals surface area contributed by atoms with Crippen molar-refractivity contribution in [2.75, 3.05) is 6.61 Å². The minimum absolute atomic E-state index is 0.237. The summed E-state index contributed by atoms with van der Waals surface area (Å²) in [5, 5.41) is 0. The van der Waals surface area contributed by atoms with Crippen LogP contribution in [0.2, 0.25) is 0 Å². The van der Waals surface area contributed by atoms with Gasteiger partial charge in [0.05, 0.1) is 10.7 Å². The Morgan fingerprint density at radius 1 is 1.29 bits per heavy atom. The number of hydrogen-bond donors (Lipinski definition) is 2. The Hall–Kier alpha value is -1.39. The lowest BCUT2D eigenvalue weighted by Crippen LogP contribution is -2.19. The predicted molar refractivity (Wildman–Crippen MR) is 109 cm³/mol. The minimum atomic E-state index is -0.375. The number of hydrogen-bond acceptors (Lipinski definition) is 4. The highest BCUT2D eigenvalue weighted by Crippen LogP contribution is 2.40. The number of ether oxygens (including phenoxy) is 1.